The summed E-state index contributed by atoms with van der Waals surface area (Å²) in [5.41, 5.74) is 2.27. The summed E-state index contributed by atoms with van der Waals surface area (Å²) in [5.74, 6) is 0.663. The predicted octanol–water partition coefficient (Wildman–Crippen LogP) is 3.81. The van der Waals surface area contributed by atoms with Gasteiger partial charge in [0, 0.05) is 12.2 Å². The molecule has 0 radical (unpaired) electrons. The van der Waals surface area contributed by atoms with E-state index in [-0.39, 0.29) is 5.91 Å². The molecule has 0 N–H and O–H groups in total. The summed E-state index contributed by atoms with van der Waals surface area (Å²) in [6, 6.07) is 22.4. The summed E-state index contributed by atoms with van der Waals surface area (Å²) in [6.45, 7) is 2.74. The molecule has 0 aromatic heterocycles. The van der Waals surface area contributed by atoms with Gasteiger partial charge in [-0.25, -0.2) is 0 Å². The second kappa shape index (κ2) is 9.17. The molecule has 4 heteroatoms. The normalized spacial score (nSPS) is 15.3. The minimum atomic E-state index is 0.0737. The summed E-state index contributed by atoms with van der Waals surface area (Å²) in [4.78, 5) is 16.8. The number of anilines is 1. The number of nitriles is 1. The second-order valence-electron chi connectivity index (χ2n) is 6.75. The standard InChI is InChI=1S/C22H25N3O/c23-14-7-15-25(21-10-5-2-6-11-21)22(26)18-24-16-12-20(13-17-24)19-8-3-1-4-9-19/h1-6,8-11,20H,7,12-13,15-18H2. The van der Waals surface area contributed by atoms with E-state index in [9.17, 15) is 4.79 Å². The summed E-state index contributed by atoms with van der Waals surface area (Å²) < 4.78 is 0. The molecular formula is C22H25N3O. The van der Waals surface area contributed by atoms with Gasteiger partial charge in [-0.15, -0.1) is 0 Å². The number of hydrogen-bond donors (Lipinski definition) is 0. The van der Waals surface area contributed by atoms with E-state index < -0.39 is 0 Å². The van der Waals surface area contributed by atoms with E-state index in [1.165, 1.54) is 5.56 Å². The molecule has 0 aliphatic carbocycles. The second-order valence-corrected chi connectivity index (χ2v) is 6.75. The molecule has 26 heavy (non-hydrogen) atoms. The minimum absolute atomic E-state index is 0.0737. The molecule has 4 nitrogen and oxygen atoms in total. The highest BCUT2D eigenvalue weighted by Crippen LogP contribution is 2.27. The third kappa shape index (κ3) is 4.71. The van der Waals surface area contributed by atoms with Crippen molar-refractivity contribution in [2.24, 2.45) is 0 Å². The molecule has 1 saturated heterocycles. The van der Waals surface area contributed by atoms with Crippen LogP contribution in [0.1, 0.15) is 30.7 Å². The van der Waals surface area contributed by atoms with Crippen LogP contribution in [0.2, 0.25) is 0 Å². The van der Waals surface area contributed by atoms with Crippen molar-refractivity contribution in [3.8, 4) is 6.07 Å². The number of piperidine rings is 1. The van der Waals surface area contributed by atoms with E-state index in [4.69, 9.17) is 5.26 Å². The molecule has 0 unspecified atom stereocenters. The van der Waals surface area contributed by atoms with Gasteiger partial charge >= 0.3 is 0 Å². The quantitative estimate of drug-likeness (QED) is 0.798. The van der Waals surface area contributed by atoms with Crippen molar-refractivity contribution in [1.82, 2.24) is 4.90 Å². The summed E-state index contributed by atoms with van der Waals surface area (Å²) >= 11 is 0. The van der Waals surface area contributed by atoms with Crippen LogP contribution in [0.15, 0.2) is 60.7 Å². The molecule has 0 bridgehead atoms. The molecule has 134 valence electrons. The first-order valence-electron chi connectivity index (χ1n) is 9.27. The van der Waals surface area contributed by atoms with Crippen molar-refractivity contribution in [1.29, 1.82) is 5.26 Å². The fourth-order valence-electron chi connectivity index (χ4n) is 3.59. The molecule has 0 saturated carbocycles. The van der Waals surface area contributed by atoms with E-state index in [0.717, 1.165) is 31.6 Å². The van der Waals surface area contributed by atoms with E-state index in [2.05, 4.69) is 41.3 Å². The van der Waals surface area contributed by atoms with Gasteiger partial charge in [0.15, 0.2) is 0 Å². The van der Waals surface area contributed by atoms with E-state index in [0.29, 0.717) is 25.4 Å². The van der Waals surface area contributed by atoms with Gasteiger partial charge in [0.2, 0.25) is 5.91 Å². The van der Waals surface area contributed by atoms with E-state index in [1.807, 2.05) is 30.3 Å². The summed E-state index contributed by atoms with van der Waals surface area (Å²) in [7, 11) is 0. The molecule has 1 amide bonds. The Morgan fingerprint density at radius 3 is 2.27 bits per heavy atom. The molecule has 1 aliphatic heterocycles. The van der Waals surface area contributed by atoms with Gasteiger partial charge in [-0.3, -0.25) is 9.69 Å². The third-order valence-corrected chi connectivity index (χ3v) is 5.03. The van der Waals surface area contributed by atoms with Crippen LogP contribution in [0.25, 0.3) is 0 Å². The highest BCUT2D eigenvalue weighted by atomic mass is 16.2. The van der Waals surface area contributed by atoms with Crippen LogP contribution in [-0.2, 0) is 4.79 Å². The number of nitrogens with zero attached hydrogens (tertiary/aromatic N) is 3. The molecule has 0 atom stereocenters. The summed E-state index contributed by atoms with van der Waals surface area (Å²) in [6.07, 6.45) is 2.51. The Bertz CT molecular complexity index is 731. The largest absolute Gasteiger partial charge is 0.310 e. The van der Waals surface area contributed by atoms with Crippen molar-refractivity contribution in [2.45, 2.75) is 25.2 Å². The topological polar surface area (TPSA) is 47.3 Å². The number of amides is 1. The van der Waals surface area contributed by atoms with Gasteiger partial charge < -0.3 is 4.90 Å². The smallest absolute Gasteiger partial charge is 0.241 e. The molecule has 3 rings (SSSR count). The van der Waals surface area contributed by atoms with E-state index >= 15 is 0 Å². The zero-order chi connectivity index (χ0) is 18.2. The maximum atomic E-state index is 12.8. The Labute approximate surface area is 155 Å². The molecule has 1 fully saturated rings. The molecule has 2 aromatic rings. The number of carbonyl (C=O) groups is 1. The maximum absolute atomic E-state index is 12.8. The average Bonchev–Trinajstić information content (AvgIpc) is 2.70. The first-order chi connectivity index (χ1) is 12.8. The first-order valence-corrected chi connectivity index (χ1v) is 9.27. The maximum Gasteiger partial charge on any atom is 0.241 e. The van der Waals surface area contributed by atoms with Gasteiger partial charge in [-0.2, -0.15) is 5.26 Å². The number of rotatable bonds is 6. The van der Waals surface area contributed by atoms with Crippen molar-refractivity contribution < 1.29 is 4.79 Å². The van der Waals surface area contributed by atoms with Crippen LogP contribution in [0.4, 0.5) is 5.69 Å². The number of para-hydroxylation sites is 1. The van der Waals surface area contributed by atoms with Gasteiger partial charge in [0.25, 0.3) is 0 Å². The molecular weight excluding hydrogens is 322 g/mol. The number of likely N-dealkylation sites (tertiary alicyclic amines) is 1. The lowest BCUT2D eigenvalue weighted by molar-refractivity contribution is -0.120. The molecule has 0 spiro atoms. The van der Waals surface area contributed by atoms with Gasteiger partial charge in [0.05, 0.1) is 19.0 Å². The molecule has 1 heterocycles. The Kier molecular flexibility index (Phi) is 6.40. The average molecular weight is 347 g/mol. The lowest BCUT2D eigenvalue weighted by Crippen LogP contribution is -2.43. The highest BCUT2D eigenvalue weighted by Gasteiger charge is 2.24. The van der Waals surface area contributed by atoms with Crippen LogP contribution in [0.5, 0.6) is 0 Å². The summed E-state index contributed by atoms with van der Waals surface area (Å²) in [5, 5.41) is 8.90. The zero-order valence-electron chi connectivity index (χ0n) is 15.1. The highest BCUT2D eigenvalue weighted by molar-refractivity contribution is 5.94. The van der Waals surface area contributed by atoms with Gasteiger partial charge in [0.1, 0.15) is 0 Å². The van der Waals surface area contributed by atoms with Crippen molar-refractivity contribution in [2.75, 3.05) is 31.1 Å². The lowest BCUT2D eigenvalue weighted by Gasteiger charge is -2.33. The Hall–Kier alpha value is -2.64. The van der Waals surface area contributed by atoms with Crippen LogP contribution in [-0.4, -0.2) is 37.0 Å². The van der Waals surface area contributed by atoms with Crippen LogP contribution in [0.3, 0.4) is 0 Å². The van der Waals surface area contributed by atoms with Crippen LogP contribution < -0.4 is 4.90 Å². The number of carbonyl (C=O) groups excluding carboxylic acids is 1. The monoisotopic (exact) mass is 347 g/mol. The Balaban J connectivity index is 1.57. The fourth-order valence-corrected chi connectivity index (χ4v) is 3.59. The Morgan fingerprint density at radius 1 is 1.04 bits per heavy atom. The zero-order valence-corrected chi connectivity index (χ0v) is 15.1. The molecule has 1 aliphatic rings. The Morgan fingerprint density at radius 2 is 1.65 bits per heavy atom. The third-order valence-electron chi connectivity index (χ3n) is 5.03. The van der Waals surface area contributed by atoms with Crippen molar-refractivity contribution >= 4 is 11.6 Å². The SMILES string of the molecule is N#CCCN(C(=O)CN1CCC(c2ccccc2)CC1)c1ccccc1. The number of hydrogen-bond acceptors (Lipinski definition) is 3. The van der Waals surface area contributed by atoms with Crippen molar-refractivity contribution in [3.63, 3.8) is 0 Å². The number of benzene rings is 2. The molecule has 2 aromatic carbocycles. The predicted molar refractivity (Wildman–Crippen MR) is 104 cm³/mol. The first kappa shape index (κ1) is 18.2. The lowest BCUT2D eigenvalue weighted by atomic mass is 9.89. The van der Waals surface area contributed by atoms with Crippen LogP contribution >= 0.6 is 0 Å². The van der Waals surface area contributed by atoms with E-state index in [1.54, 1.807) is 4.90 Å². The van der Waals surface area contributed by atoms with Gasteiger partial charge in [-0.05, 0) is 49.5 Å². The minimum Gasteiger partial charge on any atom is -0.310 e. The van der Waals surface area contributed by atoms with Crippen molar-refractivity contribution in [3.05, 3.63) is 66.2 Å². The van der Waals surface area contributed by atoms with Gasteiger partial charge in [-0.1, -0.05) is 48.5 Å². The van der Waals surface area contributed by atoms with Crippen LogP contribution in [0, 0.1) is 11.3 Å². The fraction of sp³-hybridized carbons (Fsp3) is 0.364.